The highest BCUT2D eigenvalue weighted by Crippen LogP contribution is 2.00. The highest BCUT2D eigenvalue weighted by Gasteiger charge is 2.29. The minimum atomic E-state index is -1.67. The van der Waals surface area contributed by atoms with Gasteiger partial charge >= 0.3 is 11.9 Å². The van der Waals surface area contributed by atoms with Crippen molar-refractivity contribution >= 4 is 35.6 Å². The van der Waals surface area contributed by atoms with Gasteiger partial charge in [-0.1, -0.05) is 0 Å². The number of hydrogen-bond donors (Lipinski definition) is 7. The molecular weight excluding hydrogens is 354 g/mol. The molecule has 0 aromatic heterocycles. The lowest BCUT2D eigenvalue weighted by Gasteiger charge is -2.21. The average molecular weight is 375 g/mol. The third-order valence-electron chi connectivity index (χ3n) is 3.06. The van der Waals surface area contributed by atoms with Crippen LogP contribution in [-0.2, 0) is 28.8 Å². The van der Waals surface area contributed by atoms with Crippen LogP contribution in [0, 0.1) is 0 Å². The first kappa shape index (κ1) is 22.8. The first-order valence-electron chi connectivity index (χ1n) is 7.31. The first-order valence-corrected chi connectivity index (χ1v) is 7.31. The number of carboxylic acids is 2. The van der Waals surface area contributed by atoms with Crippen LogP contribution in [0.1, 0.15) is 25.7 Å². The number of carbonyl (C=O) groups excluding carboxylic acids is 4. The van der Waals surface area contributed by atoms with Crippen LogP contribution in [0.4, 0.5) is 0 Å². The van der Waals surface area contributed by atoms with Gasteiger partial charge in [0, 0.05) is 6.42 Å². The lowest BCUT2D eigenvalue weighted by atomic mass is 10.1. The number of nitrogens with one attached hydrogen (secondary N) is 2. The molecule has 0 spiro atoms. The van der Waals surface area contributed by atoms with Gasteiger partial charge in [-0.15, -0.1) is 0 Å². The minimum Gasteiger partial charge on any atom is -0.481 e. The van der Waals surface area contributed by atoms with Crippen molar-refractivity contribution in [2.75, 3.05) is 0 Å². The van der Waals surface area contributed by atoms with E-state index in [0.29, 0.717) is 0 Å². The Balaban J connectivity index is 5.05. The summed E-state index contributed by atoms with van der Waals surface area (Å²) in [5, 5.41) is 21.5. The summed E-state index contributed by atoms with van der Waals surface area (Å²) in [5.74, 6) is -6.75. The molecule has 0 saturated carbocycles. The van der Waals surface area contributed by atoms with Gasteiger partial charge in [0.25, 0.3) is 0 Å². The van der Waals surface area contributed by atoms with E-state index in [1.54, 1.807) is 0 Å². The molecule has 3 atom stereocenters. The number of rotatable bonds is 12. The second-order valence-corrected chi connectivity index (χ2v) is 5.34. The number of aliphatic carboxylic acids is 2. The average Bonchev–Trinajstić information content (AvgIpc) is 2.49. The molecule has 0 aromatic carbocycles. The van der Waals surface area contributed by atoms with Crippen LogP contribution in [0.15, 0.2) is 0 Å². The summed E-state index contributed by atoms with van der Waals surface area (Å²) in [6, 6.07) is -4.52. The highest BCUT2D eigenvalue weighted by atomic mass is 16.4. The maximum Gasteiger partial charge on any atom is 0.326 e. The van der Waals surface area contributed by atoms with Gasteiger partial charge in [0.15, 0.2) is 0 Å². The topological polar surface area (TPSA) is 245 Å². The van der Waals surface area contributed by atoms with Crippen LogP contribution in [0.25, 0.3) is 0 Å². The number of amides is 4. The van der Waals surface area contributed by atoms with Crippen LogP contribution in [0.3, 0.4) is 0 Å². The Kier molecular flexibility index (Phi) is 9.29. The van der Waals surface area contributed by atoms with E-state index in [9.17, 15) is 28.8 Å². The Labute approximate surface area is 147 Å². The predicted molar refractivity (Wildman–Crippen MR) is 84.0 cm³/mol. The Bertz CT molecular complexity index is 593. The molecule has 0 unspecified atom stereocenters. The van der Waals surface area contributed by atoms with Crippen molar-refractivity contribution < 1.29 is 39.0 Å². The molecular formula is C13H21N5O8. The van der Waals surface area contributed by atoms with E-state index in [0.717, 1.165) is 0 Å². The van der Waals surface area contributed by atoms with Gasteiger partial charge in [-0.05, 0) is 6.42 Å². The molecule has 0 saturated heterocycles. The molecule has 0 aromatic rings. The van der Waals surface area contributed by atoms with Gasteiger partial charge in [-0.3, -0.25) is 24.0 Å². The van der Waals surface area contributed by atoms with E-state index in [2.05, 4.69) is 5.32 Å². The predicted octanol–water partition coefficient (Wildman–Crippen LogP) is -4.02. The summed E-state index contributed by atoms with van der Waals surface area (Å²) in [5.41, 5.74) is 15.3. The Morgan fingerprint density at radius 3 is 1.69 bits per heavy atom. The van der Waals surface area contributed by atoms with Crippen LogP contribution in [0.5, 0.6) is 0 Å². The molecule has 0 aliphatic rings. The molecule has 4 amide bonds. The Hall–Kier alpha value is -3.22. The fraction of sp³-hybridized carbons (Fsp3) is 0.538. The highest BCUT2D eigenvalue weighted by molar-refractivity contribution is 5.95. The molecule has 0 fully saturated rings. The normalized spacial score (nSPS) is 13.7. The lowest BCUT2D eigenvalue weighted by molar-refractivity contribution is -0.143. The van der Waals surface area contributed by atoms with Crippen LogP contribution >= 0.6 is 0 Å². The van der Waals surface area contributed by atoms with E-state index in [4.69, 9.17) is 27.4 Å². The SMILES string of the molecule is NC(=O)C[C@H](NC(=O)[C@H](CC(N)=O)NC(=O)[C@@H](N)CCC(=O)O)C(=O)O. The van der Waals surface area contributed by atoms with E-state index in [-0.39, 0.29) is 6.42 Å². The minimum absolute atomic E-state index is 0.231. The zero-order valence-electron chi connectivity index (χ0n) is 13.6. The summed E-state index contributed by atoms with van der Waals surface area (Å²) in [6.07, 6.45) is -2.02. The summed E-state index contributed by atoms with van der Waals surface area (Å²) in [7, 11) is 0. The van der Waals surface area contributed by atoms with Crippen LogP contribution in [0.2, 0.25) is 0 Å². The van der Waals surface area contributed by atoms with Crippen molar-refractivity contribution in [2.24, 2.45) is 17.2 Å². The molecule has 0 rings (SSSR count). The van der Waals surface area contributed by atoms with Crippen molar-refractivity contribution in [1.29, 1.82) is 0 Å². The van der Waals surface area contributed by atoms with E-state index >= 15 is 0 Å². The van der Waals surface area contributed by atoms with Gasteiger partial charge in [0.05, 0.1) is 18.9 Å². The van der Waals surface area contributed by atoms with Crippen molar-refractivity contribution in [3.8, 4) is 0 Å². The van der Waals surface area contributed by atoms with Crippen molar-refractivity contribution in [2.45, 2.75) is 43.8 Å². The standard InChI is InChI=1S/C13H21N5O8/c14-5(1-2-10(21)22)11(23)17-6(3-8(15)19)12(24)18-7(13(25)26)4-9(16)20/h5-7H,1-4,14H2,(H2,15,19)(H2,16,20)(H,17,23)(H,18,24)(H,21,22)(H,25,26)/t5-,6-,7-/m0/s1. The molecule has 13 heteroatoms. The van der Waals surface area contributed by atoms with Crippen molar-refractivity contribution in [1.82, 2.24) is 10.6 Å². The number of hydrogen-bond acceptors (Lipinski definition) is 7. The van der Waals surface area contributed by atoms with Crippen molar-refractivity contribution in [3.05, 3.63) is 0 Å². The molecule has 0 bridgehead atoms. The van der Waals surface area contributed by atoms with Crippen LogP contribution < -0.4 is 27.8 Å². The largest absolute Gasteiger partial charge is 0.481 e. The molecule has 0 radical (unpaired) electrons. The smallest absolute Gasteiger partial charge is 0.326 e. The molecule has 10 N–H and O–H groups in total. The number of nitrogens with two attached hydrogens (primary N) is 3. The second kappa shape index (κ2) is 10.6. The Morgan fingerprint density at radius 2 is 1.27 bits per heavy atom. The molecule has 0 aliphatic heterocycles. The third-order valence-corrected chi connectivity index (χ3v) is 3.06. The fourth-order valence-corrected chi connectivity index (χ4v) is 1.77. The molecule has 0 heterocycles. The molecule has 26 heavy (non-hydrogen) atoms. The van der Waals surface area contributed by atoms with Gasteiger partial charge in [-0.2, -0.15) is 0 Å². The van der Waals surface area contributed by atoms with Crippen molar-refractivity contribution in [3.63, 3.8) is 0 Å². The van der Waals surface area contributed by atoms with Gasteiger partial charge < -0.3 is 38.0 Å². The zero-order chi connectivity index (χ0) is 20.4. The number of primary amides is 2. The fourth-order valence-electron chi connectivity index (χ4n) is 1.77. The number of carboxylic acid groups (broad SMARTS) is 2. The van der Waals surface area contributed by atoms with E-state index in [1.807, 2.05) is 5.32 Å². The lowest BCUT2D eigenvalue weighted by Crippen LogP contribution is -2.55. The summed E-state index contributed by atoms with van der Waals surface area (Å²) >= 11 is 0. The van der Waals surface area contributed by atoms with E-state index in [1.165, 1.54) is 0 Å². The van der Waals surface area contributed by atoms with E-state index < -0.39 is 73.0 Å². The first-order chi connectivity index (χ1) is 11.9. The maximum atomic E-state index is 12.1. The molecule has 0 aliphatic carbocycles. The quantitative estimate of drug-likeness (QED) is 0.175. The second-order valence-electron chi connectivity index (χ2n) is 5.34. The Morgan fingerprint density at radius 1 is 0.808 bits per heavy atom. The molecule has 146 valence electrons. The van der Waals surface area contributed by atoms with Gasteiger partial charge in [-0.25, -0.2) is 4.79 Å². The monoisotopic (exact) mass is 375 g/mol. The molecule has 13 nitrogen and oxygen atoms in total. The summed E-state index contributed by atoms with van der Waals surface area (Å²) in [6.45, 7) is 0. The van der Waals surface area contributed by atoms with Crippen LogP contribution in [-0.4, -0.2) is 63.9 Å². The maximum absolute atomic E-state index is 12.1. The summed E-state index contributed by atoms with van der Waals surface area (Å²) < 4.78 is 0. The number of carbonyl (C=O) groups is 6. The van der Waals surface area contributed by atoms with Gasteiger partial charge in [0.2, 0.25) is 23.6 Å². The zero-order valence-corrected chi connectivity index (χ0v) is 13.6. The third kappa shape index (κ3) is 9.17. The van der Waals surface area contributed by atoms with Gasteiger partial charge in [0.1, 0.15) is 12.1 Å². The summed E-state index contributed by atoms with van der Waals surface area (Å²) in [4.78, 5) is 67.4.